The van der Waals surface area contributed by atoms with Crippen LogP contribution in [0.2, 0.25) is 5.02 Å². The average molecular weight is 556 g/mol. The van der Waals surface area contributed by atoms with Gasteiger partial charge in [-0.25, -0.2) is 13.4 Å². The van der Waals surface area contributed by atoms with Gasteiger partial charge in [0.05, 0.1) is 26.9 Å². The van der Waals surface area contributed by atoms with E-state index in [1.807, 2.05) is 42.6 Å². The Morgan fingerprint density at radius 3 is 2.51 bits per heavy atom. The predicted octanol–water partition coefficient (Wildman–Crippen LogP) is 6.00. The highest BCUT2D eigenvalue weighted by atomic mass is 35.5. The van der Waals surface area contributed by atoms with Gasteiger partial charge in [-0.05, 0) is 44.0 Å². The summed E-state index contributed by atoms with van der Waals surface area (Å²) in [4.78, 5) is 19.6. The van der Waals surface area contributed by atoms with Gasteiger partial charge in [-0.2, -0.15) is 0 Å². The van der Waals surface area contributed by atoms with Crippen LogP contribution in [0.15, 0.2) is 69.4 Å². The van der Waals surface area contributed by atoms with Gasteiger partial charge in [0.1, 0.15) is 11.5 Å². The number of hydrogen-bond donors (Lipinski definition) is 0. The number of rotatable bonds is 7. The summed E-state index contributed by atoms with van der Waals surface area (Å²) in [5.41, 5.74) is 3.52. The van der Waals surface area contributed by atoms with Crippen molar-refractivity contribution < 1.29 is 17.7 Å². The molecule has 1 amide bonds. The first kappa shape index (κ1) is 25.6. The molecule has 0 aliphatic carbocycles. The first-order chi connectivity index (χ1) is 17.8. The molecular weight excluding hydrogens is 530 g/mol. The number of thiazole rings is 1. The van der Waals surface area contributed by atoms with Gasteiger partial charge in [-0.1, -0.05) is 47.1 Å². The van der Waals surface area contributed by atoms with E-state index >= 15 is 0 Å². The van der Waals surface area contributed by atoms with Gasteiger partial charge >= 0.3 is 0 Å². The predicted molar refractivity (Wildman–Crippen MR) is 144 cm³/mol. The van der Waals surface area contributed by atoms with E-state index in [0.717, 1.165) is 46.1 Å². The molecule has 0 unspecified atom stereocenters. The molecule has 1 aliphatic heterocycles. The topological polar surface area (TPSA) is 93.4 Å². The third-order valence-corrected chi connectivity index (χ3v) is 9.63. The van der Waals surface area contributed by atoms with E-state index in [1.165, 1.54) is 24.3 Å². The van der Waals surface area contributed by atoms with E-state index in [1.54, 1.807) is 16.2 Å². The Bertz CT molecular complexity index is 1490. The molecule has 0 radical (unpaired) electrons. The Labute approximate surface area is 225 Å². The minimum atomic E-state index is -3.54. The van der Waals surface area contributed by atoms with Gasteiger partial charge in [0.2, 0.25) is 5.91 Å². The van der Waals surface area contributed by atoms with E-state index in [9.17, 15) is 13.2 Å². The normalized spacial score (nSPS) is 14.7. The van der Waals surface area contributed by atoms with Crippen LogP contribution in [0.4, 0.5) is 0 Å². The van der Waals surface area contributed by atoms with Gasteiger partial charge in [-0.3, -0.25) is 4.79 Å². The molecule has 0 bridgehead atoms. The Kier molecular flexibility index (Phi) is 7.46. The fourth-order valence-electron chi connectivity index (χ4n) is 4.57. The second-order valence-corrected chi connectivity index (χ2v) is 12.5. The van der Waals surface area contributed by atoms with E-state index in [2.05, 4.69) is 5.16 Å². The number of aromatic nitrogens is 2. The summed E-state index contributed by atoms with van der Waals surface area (Å²) in [5.74, 6) is 0.624. The Morgan fingerprint density at radius 2 is 1.81 bits per heavy atom. The molecule has 7 nitrogen and oxygen atoms in total. The number of carbonyl (C=O) groups is 1. The summed E-state index contributed by atoms with van der Waals surface area (Å²) in [6, 6.07) is 15.9. The summed E-state index contributed by atoms with van der Waals surface area (Å²) in [5, 5.41) is 7.82. The van der Waals surface area contributed by atoms with Crippen molar-refractivity contribution in [3.8, 4) is 22.5 Å². The molecule has 2 aromatic carbocycles. The molecule has 192 valence electrons. The SMILES string of the molecule is Cc1onc(-c2ccccc2)c1-c1csc(C2CCN(C(=O)CCS(=O)(=O)c3ccc(Cl)cc3)CC2)n1. The van der Waals surface area contributed by atoms with Crippen molar-refractivity contribution in [3.63, 3.8) is 0 Å². The number of nitrogens with zero attached hydrogens (tertiary/aromatic N) is 3. The quantitative estimate of drug-likeness (QED) is 0.278. The number of likely N-dealkylation sites (tertiary alicyclic amines) is 1. The maximum absolute atomic E-state index is 12.8. The third-order valence-electron chi connectivity index (χ3n) is 6.64. The molecule has 0 spiro atoms. The second-order valence-electron chi connectivity index (χ2n) is 9.08. The molecule has 10 heteroatoms. The van der Waals surface area contributed by atoms with Crippen molar-refractivity contribution in [1.29, 1.82) is 0 Å². The lowest BCUT2D eigenvalue weighted by Crippen LogP contribution is -2.38. The molecular formula is C27H26ClN3O4S2. The summed E-state index contributed by atoms with van der Waals surface area (Å²) in [6.07, 6.45) is 1.54. The van der Waals surface area contributed by atoms with E-state index in [-0.39, 0.29) is 28.9 Å². The van der Waals surface area contributed by atoms with Crippen LogP contribution in [0.1, 0.15) is 35.9 Å². The van der Waals surface area contributed by atoms with Gasteiger partial charge in [0.15, 0.2) is 9.84 Å². The lowest BCUT2D eigenvalue weighted by atomic mass is 9.97. The molecule has 3 heterocycles. The zero-order chi connectivity index (χ0) is 26.0. The molecule has 1 saturated heterocycles. The number of benzene rings is 2. The highest BCUT2D eigenvalue weighted by Gasteiger charge is 2.28. The molecule has 0 N–H and O–H groups in total. The van der Waals surface area contributed by atoms with Crippen molar-refractivity contribution >= 4 is 38.7 Å². The van der Waals surface area contributed by atoms with Crippen LogP contribution in [-0.2, 0) is 14.6 Å². The maximum Gasteiger partial charge on any atom is 0.223 e. The fraction of sp³-hybridized carbons (Fsp3) is 0.296. The largest absolute Gasteiger partial charge is 0.360 e. The molecule has 37 heavy (non-hydrogen) atoms. The van der Waals surface area contributed by atoms with Crippen LogP contribution in [0.5, 0.6) is 0 Å². The first-order valence-electron chi connectivity index (χ1n) is 12.1. The molecule has 4 aromatic rings. The van der Waals surface area contributed by atoms with Gasteiger partial charge < -0.3 is 9.42 Å². The van der Waals surface area contributed by atoms with Crippen molar-refractivity contribution in [3.05, 3.63) is 75.8 Å². The summed E-state index contributed by atoms with van der Waals surface area (Å²) in [7, 11) is -3.54. The van der Waals surface area contributed by atoms with E-state index in [4.69, 9.17) is 21.1 Å². The molecule has 5 rings (SSSR count). The monoisotopic (exact) mass is 555 g/mol. The average Bonchev–Trinajstić information content (AvgIpc) is 3.55. The lowest BCUT2D eigenvalue weighted by Gasteiger charge is -2.31. The fourth-order valence-corrected chi connectivity index (χ4v) is 6.91. The van der Waals surface area contributed by atoms with Crippen LogP contribution in [0.25, 0.3) is 22.5 Å². The van der Waals surface area contributed by atoms with Crippen molar-refractivity contribution in [2.75, 3.05) is 18.8 Å². The van der Waals surface area contributed by atoms with E-state index in [0.29, 0.717) is 18.1 Å². The number of carbonyl (C=O) groups excluding carboxylic acids is 1. The summed E-state index contributed by atoms with van der Waals surface area (Å²) < 4.78 is 30.6. The smallest absolute Gasteiger partial charge is 0.223 e. The zero-order valence-electron chi connectivity index (χ0n) is 20.3. The molecule has 0 saturated carbocycles. The molecule has 1 aliphatic rings. The Hall–Kier alpha value is -3.01. The molecule has 0 atom stereocenters. The number of hydrogen-bond acceptors (Lipinski definition) is 7. The van der Waals surface area contributed by atoms with Crippen LogP contribution in [0, 0.1) is 6.92 Å². The minimum Gasteiger partial charge on any atom is -0.360 e. The standard InChI is InChI=1S/C27H26ClN3O4S2/c1-18-25(26(30-35-18)19-5-3-2-4-6-19)23-17-36-27(29-23)20-11-14-31(15-12-20)24(32)13-16-37(33,34)22-9-7-21(28)8-10-22/h2-10,17,20H,11-16H2,1H3. The molecule has 2 aromatic heterocycles. The zero-order valence-corrected chi connectivity index (χ0v) is 22.7. The number of aryl methyl sites for hydroxylation is 1. The highest BCUT2D eigenvalue weighted by molar-refractivity contribution is 7.91. The number of amides is 1. The van der Waals surface area contributed by atoms with Gasteiger partial charge in [-0.15, -0.1) is 11.3 Å². The van der Waals surface area contributed by atoms with Crippen molar-refractivity contribution in [1.82, 2.24) is 15.0 Å². The molecule has 1 fully saturated rings. The second kappa shape index (κ2) is 10.8. The van der Waals surface area contributed by atoms with Crippen LogP contribution in [0.3, 0.4) is 0 Å². The van der Waals surface area contributed by atoms with Crippen molar-refractivity contribution in [2.24, 2.45) is 0 Å². The Morgan fingerprint density at radius 1 is 1.11 bits per heavy atom. The van der Waals surface area contributed by atoms with Gasteiger partial charge in [0, 0.05) is 41.4 Å². The highest BCUT2D eigenvalue weighted by Crippen LogP contribution is 2.38. The summed E-state index contributed by atoms with van der Waals surface area (Å²) in [6.45, 7) is 3.06. The van der Waals surface area contributed by atoms with Crippen LogP contribution < -0.4 is 0 Å². The van der Waals surface area contributed by atoms with Crippen molar-refractivity contribution in [2.45, 2.75) is 37.0 Å². The number of piperidine rings is 1. The lowest BCUT2D eigenvalue weighted by molar-refractivity contribution is -0.131. The van der Waals surface area contributed by atoms with Crippen LogP contribution in [-0.4, -0.2) is 48.2 Å². The minimum absolute atomic E-state index is 0.0357. The first-order valence-corrected chi connectivity index (χ1v) is 15.0. The maximum atomic E-state index is 12.8. The number of sulfone groups is 1. The van der Waals surface area contributed by atoms with E-state index < -0.39 is 9.84 Å². The Balaban J connectivity index is 1.20. The third kappa shape index (κ3) is 5.63. The van der Waals surface area contributed by atoms with Crippen LogP contribution >= 0.6 is 22.9 Å². The number of halogens is 1. The van der Waals surface area contributed by atoms with Gasteiger partial charge in [0.25, 0.3) is 0 Å². The summed E-state index contributed by atoms with van der Waals surface area (Å²) >= 11 is 7.46.